The van der Waals surface area contributed by atoms with Crippen molar-refractivity contribution in [2.75, 3.05) is 6.54 Å². The molecule has 1 heterocycles. The summed E-state index contributed by atoms with van der Waals surface area (Å²) in [4.78, 5) is 16.7. The monoisotopic (exact) mass is 442 g/mol. The lowest BCUT2D eigenvalue weighted by atomic mass is 10.2. The van der Waals surface area contributed by atoms with Gasteiger partial charge in [-0.15, -0.1) is 11.3 Å². The first-order chi connectivity index (χ1) is 10.6. The van der Waals surface area contributed by atoms with Crippen LogP contribution in [0.15, 0.2) is 42.5 Å². The molecule has 3 rings (SSSR count). The number of amides is 1. The summed E-state index contributed by atoms with van der Waals surface area (Å²) in [6, 6.07) is 13.3. The smallest absolute Gasteiger partial charge is 0.252 e. The van der Waals surface area contributed by atoms with Crippen molar-refractivity contribution in [3.8, 4) is 0 Å². The maximum Gasteiger partial charge on any atom is 0.252 e. The third-order valence-corrected chi connectivity index (χ3v) is 5.36. The molecular weight excluding hydrogens is 431 g/mol. The zero-order valence-corrected chi connectivity index (χ0v) is 15.2. The molecule has 3 aromatic rings. The van der Waals surface area contributed by atoms with Gasteiger partial charge in [-0.3, -0.25) is 4.79 Å². The van der Waals surface area contributed by atoms with Gasteiger partial charge in [-0.1, -0.05) is 23.7 Å². The van der Waals surface area contributed by atoms with Crippen LogP contribution in [0.5, 0.6) is 0 Å². The Hall–Kier alpha value is -1.18. The standard InChI is InChI=1S/C16H12ClIN2OS/c17-10-5-6-11(12(18)9-10)16(21)19-8-7-15-20-13-3-1-2-4-14(13)22-15/h1-6,9H,7-8H2,(H,19,21). The van der Waals surface area contributed by atoms with E-state index in [1.807, 2.05) is 18.2 Å². The van der Waals surface area contributed by atoms with Crippen molar-refractivity contribution in [1.82, 2.24) is 10.3 Å². The van der Waals surface area contributed by atoms with E-state index in [0.29, 0.717) is 17.1 Å². The number of aromatic nitrogens is 1. The van der Waals surface area contributed by atoms with Crippen molar-refractivity contribution in [1.29, 1.82) is 0 Å². The van der Waals surface area contributed by atoms with Crippen molar-refractivity contribution >= 4 is 61.7 Å². The number of thiazole rings is 1. The Morgan fingerprint density at radius 1 is 1.27 bits per heavy atom. The van der Waals surface area contributed by atoms with Crippen molar-refractivity contribution in [3.05, 3.63) is 61.6 Å². The molecular formula is C16H12ClIN2OS. The van der Waals surface area contributed by atoms with Crippen LogP contribution in [0.3, 0.4) is 0 Å². The van der Waals surface area contributed by atoms with Crippen LogP contribution in [0.2, 0.25) is 5.02 Å². The van der Waals surface area contributed by atoms with E-state index < -0.39 is 0 Å². The highest BCUT2D eigenvalue weighted by molar-refractivity contribution is 14.1. The number of carbonyl (C=O) groups is 1. The van der Waals surface area contributed by atoms with Crippen LogP contribution >= 0.6 is 45.5 Å². The second-order valence-corrected chi connectivity index (χ2v) is 7.42. The average Bonchev–Trinajstić information content (AvgIpc) is 2.89. The predicted octanol–water partition coefficient (Wildman–Crippen LogP) is 4.53. The van der Waals surface area contributed by atoms with E-state index in [2.05, 4.69) is 39.0 Å². The molecule has 0 aliphatic rings. The Labute approximate surface area is 150 Å². The lowest BCUT2D eigenvalue weighted by Gasteiger charge is -2.06. The third kappa shape index (κ3) is 3.59. The van der Waals surface area contributed by atoms with Gasteiger partial charge in [0.15, 0.2) is 0 Å². The van der Waals surface area contributed by atoms with Crippen molar-refractivity contribution in [3.63, 3.8) is 0 Å². The molecule has 0 bridgehead atoms. The molecule has 112 valence electrons. The summed E-state index contributed by atoms with van der Waals surface area (Å²) >= 11 is 9.69. The molecule has 2 aromatic carbocycles. The molecule has 0 aliphatic heterocycles. The largest absolute Gasteiger partial charge is 0.352 e. The minimum absolute atomic E-state index is 0.0813. The fraction of sp³-hybridized carbons (Fsp3) is 0.125. The summed E-state index contributed by atoms with van der Waals surface area (Å²) < 4.78 is 2.03. The summed E-state index contributed by atoms with van der Waals surface area (Å²) in [6.45, 7) is 0.567. The van der Waals surface area contributed by atoms with Gasteiger partial charge in [0.1, 0.15) is 0 Å². The minimum Gasteiger partial charge on any atom is -0.352 e. The van der Waals surface area contributed by atoms with Gasteiger partial charge in [0.25, 0.3) is 5.91 Å². The fourth-order valence-corrected chi connectivity index (χ4v) is 4.16. The van der Waals surface area contributed by atoms with Crippen molar-refractivity contribution in [2.24, 2.45) is 0 Å². The number of halogens is 2. The number of rotatable bonds is 4. The number of hydrogen-bond acceptors (Lipinski definition) is 3. The molecule has 3 nitrogen and oxygen atoms in total. The Bertz CT molecular complexity index is 801. The second-order valence-electron chi connectivity index (χ2n) is 4.71. The zero-order valence-electron chi connectivity index (χ0n) is 11.5. The molecule has 0 fully saturated rings. The molecule has 6 heteroatoms. The van der Waals surface area contributed by atoms with Crippen LogP contribution in [0, 0.1) is 3.57 Å². The first-order valence-corrected chi connectivity index (χ1v) is 8.98. The lowest BCUT2D eigenvalue weighted by molar-refractivity contribution is 0.0953. The number of nitrogens with zero attached hydrogens (tertiary/aromatic N) is 1. The van der Waals surface area contributed by atoms with Gasteiger partial charge in [0.05, 0.1) is 20.8 Å². The van der Waals surface area contributed by atoms with Gasteiger partial charge in [-0.05, 0) is 52.9 Å². The summed E-state index contributed by atoms with van der Waals surface area (Å²) in [7, 11) is 0. The van der Waals surface area contributed by atoms with Gasteiger partial charge in [-0.2, -0.15) is 0 Å². The SMILES string of the molecule is O=C(NCCc1nc2ccccc2s1)c1ccc(Cl)cc1I. The average molecular weight is 443 g/mol. The van der Waals surface area contributed by atoms with E-state index >= 15 is 0 Å². The maximum atomic E-state index is 12.2. The van der Waals surface area contributed by atoms with Crippen LogP contribution in [0.1, 0.15) is 15.4 Å². The normalized spacial score (nSPS) is 10.8. The number of fused-ring (bicyclic) bond motifs is 1. The van der Waals surface area contributed by atoms with Crippen LogP contribution in [0.25, 0.3) is 10.2 Å². The van der Waals surface area contributed by atoms with Crippen LogP contribution in [-0.4, -0.2) is 17.4 Å². The predicted molar refractivity (Wildman–Crippen MR) is 99.8 cm³/mol. The quantitative estimate of drug-likeness (QED) is 0.603. The van der Waals surface area contributed by atoms with Crippen molar-refractivity contribution in [2.45, 2.75) is 6.42 Å². The number of para-hydroxylation sites is 1. The molecule has 0 atom stereocenters. The number of carbonyl (C=O) groups excluding carboxylic acids is 1. The molecule has 0 radical (unpaired) electrons. The molecule has 0 aliphatic carbocycles. The third-order valence-electron chi connectivity index (χ3n) is 3.14. The molecule has 1 amide bonds. The molecule has 0 unspecified atom stereocenters. The molecule has 1 N–H and O–H groups in total. The van der Waals surface area contributed by atoms with E-state index in [1.54, 1.807) is 29.5 Å². The number of hydrogen-bond donors (Lipinski definition) is 1. The Morgan fingerprint density at radius 3 is 2.86 bits per heavy atom. The molecule has 22 heavy (non-hydrogen) atoms. The molecule has 0 saturated heterocycles. The summed E-state index contributed by atoms with van der Waals surface area (Å²) in [6.07, 6.45) is 0.731. The lowest BCUT2D eigenvalue weighted by Crippen LogP contribution is -2.26. The van der Waals surface area contributed by atoms with E-state index in [0.717, 1.165) is 20.5 Å². The Morgan fingerprint density at radius 2 is 2.09 bits per heavy atom. The van der Waals surface area contributed by atoms with Crippen LogP contribution < -0.4 is 5.32 Å². The zero-order chi connectivity index (χ0) is 15.5. The van der Waals surface area contributed by atoms with Gasteiger partial charge in [0.2, 0.25) is 0 Å². The summed E-state index contributed by atoms with van der Waals surface area (Å²) in [5.74, 6) is -0.0813. The maximum absolute atomic E-state index is 12.2. The Kier molecular flexibility index (Phi) is 4.95. The molecule has 1 aromatic heterocycles. The highest BCUT2D eigenvalue weighted by Gasteiger charge is 2.10. The number of nitrogens with one attached hydrogen (secondary N) is 1. The molecule has 0 saturated carbocycles. The van der Waals surface area contributed by atoms with Gasteiger partial charge >= 0.3 is 0 Å². The Balaban J connectivity index is 1.61. The summed E-state index contributed by atoms with van der Waals surface area (Å²) in [5.41, 5.74) is 1.66. The van der Waals surface area contributed by atoms with E-state index in [9.17, 15) is 4.79 Å². The van der Waals surface area contributed by atoms with Crippen LogP contribution in [0.4, 0.5) is 0 Å². The first kappa shape index (κ1) is 15.7. The van der Waals surface area contributed by atoms with E-state index in [1.165, 1.54) is 4.70 Å². The van der Waals surface area contributed by atoms with Gasteiger partial charge in [-0.25, -0.2) is 4.98 Å². The van der Waals surface area contributed by atoms with Gasteiger partial charge in [0, 0.05) is 21.6 Å². The topological polar surface area (TPSA) is 42.0 Å². The highest BCUT2D eigenvalue weighted by atomic mass is 127. The van der Waals surface area contributed by atoms with Gasteiger partial charge < -0.3 is 5.32 Å². The highest BCUT2D eigenvalue weighted by Crippen LogP contribution is 2.22. The first-order valence-electron chi connectivity index (χ1n) is 6.71. The van der Waals surface area contributed by atoms with E-state index in [4.69, 9.17) is 11.6 Å². The van der Waals surface area contributed by atoms with Crippen LogP contribution in [-0.2, 0) is 6.42 Å². The minimum atomic E-state index is -0.0813. The second kappa shape index (κ2) is 6.93. The van der Waals surface area contributed by atoms with E-state index in [-0.39, 0.29) is 5.91 Å². The summed E-state index contributed by atoms with van der Waals surface area (Å²) in [5, 5.41) is 4.60. The van der Waals surface area contributed by atoms with Crippen molar-refractivity contribution < 1.29 is 4.79 Å². The fourth-order valence-electron chi connectivity index (χ4n) is 2.08. The number of benzene rings is 2. The molecule has 0 spiro atoms.